The molecule has 25 heavy (non-hydrogen) atoms. The van der Waals surface area contributed by atoms with E-state index in [0.717, 1.165) is 25.7 Å². The minimum atomic E-state index is -0.824. The summed E-state index contributed by atoms with van der Waals surface area (Å²) in [6.07, 6.45) is 3.99. The third-order valence-electron chi connectivity index (χ3n) is 7.63. The van der Waals surface area contributed by atoms with E-state index >= 15 is 0 Å². The summed E-state index contributed by atoms with van der Waals surface area (Å²) in [5, 5.41) is 18.1. The van der Waals surface area contributed by atoms with Gasteiger partial charge in [0.25, 0.3) is 0 Å². The standard InChI is InChI=1S/C9H10O4.C9H12O3.H/c10-8(11)6-3-1-4-5(2-3)13-9(12)7(4)6;10-3-6-4-1-5-7(2-4)12-9(11)8(5)6;/h3-7H,1-2H2,(H,10,11);4-8,10H,1-3H2;/q;;-1. The van der Waals surface area contributed by atoms with E-state index < -0.39 is 11.9 Å². The number of carboxylic acids is 1. The molecule has 6 fully saturated rings. The average Bonchev–Trinajstić information content (AvgIpc) is 3.32. The van der Waals surface area contributed by atoms with E-state index in [2.05, 4.69) is 0 Å². The summed E-state index contributed by atoms with van der Waals surface area (Å²) in [6.45, 7) is 0.160. The number of aliphatic hydroxyl groups is 1. The highest BCUT2D eigenvalue weighted by Gasteiger charge is 2.64. The maximum absolute atomic E-state index is 11.3. The third-order valence-corrected chi connectivity index (χ3v) is 7.63. The molecule has 7 heteroatoms. The van der Waals surface area contributed by atoms with Gasteiger partial charge >= 0.3 is 17.9 Å². The zero-order valence-electron chi connectivity index (χ0n) is 14.7. The van der Waals surface area contributed by atoms with Crippen LogP contribution in [0.1, 0.15) is 27.1 Å². The van der Waals surface area contributed by atoms with Crippen LogP contribution in [0.5, 0.6) is 0 Å². The highest BCUT2D eigenvalue weighted by molar-refractivity contribution is 5.84. The molecule has 10 atom stereocenters. The Hall–Kier alpha value is -1.63. The Morgan fingerprint density at radius 3 is 2.16 bits per heavy atom. The first-order chi connectivity index (χ1) is 12.0. The second-order valence-corrected chi connectivity index (χ2v) is 8.50. The first kappa shape index (κ1) is 15.6. The minimum absolute atomic E-state index is 0. The predicted molar refractivity (Wildman–Crippen MR) is 82.0 cm³/mol. The number of aliphatic carboxylic acids is 1. The highest BCUT2D eigenvalue weighted by atomic mass is 16.6. The van der Waals surface area contributed by atoms with E-state index in [1.165, 1.54) is 0 Å². The molecule has 0 spiro atoms. The summed E-state index contributed by atoms with van der Waals surface area (Å²) >= 11 is 0. The number of hydrogen-bond donors (Lipinski definition) is 2. The van der Waals surface area contributed by atoms with Gasteiger partial charge in [-0.25, -0.2) is 0 Å². The molecule has 4 bridgehead atoms. The van der Waals surface area contributed by atoms with Crippen LogP contribution in [0.3, 0.4) is 0 Å². The van der Waals surface area contributed by atoms with Crippen molar-refractivity contribution in [3.05, 3.63) is 0 Å². The van der Waals surface area contributed by atoms with Gasteiger partial charge in [-0.15, -0.1) is 0 Å². The Morgan fingerprint density at radius 2 is 1.52 bits per heavy atom. The lowest BCUT2D eigenvalue weighted by Gasteiger charge is -2.21. The Morgan fingerprint density at radius 1 is 0.960 bits per heavy atom. The van der Waals surface area contributed by atoms with Crippen molar-refractivity contribution in [1.82, 2.24) is 0 Å². The lowest BCUT2D eigenvalue weighted by Crippen LogP contribution is -2.31. The van der Waals surface area contributed by atoms with Crippen molar-refractivity contribution in [2.75, 3.05) is 6.61 Å². The van der Waals surface area contributed by atoms with Crippen LogP contribution in [-0.2, 0) is 23.9 Å². The van der Waals surface area contributed by atoms with Crippen LogP contribution < -0.4 is 0 Å². The fourth-order valence-corrected chi connectivity index (χ4v) is 6.73. The average molecular weight is 351 g/mol. The van der Waals surface area contributed by atoms with Gasteiger partial charge in [-0.3, -0.25) is 14.4 Å². The number of ether oxygens (including phenoxy) is 2. The Balaban J connectivity index is 0.000000125. The van der Waals surface area contributed by atoms with Crippen molar-refractivity contribution in [3.8, 4) is 0 Å². The van der Waals surface area contributed by atoms with Crippen molar-refractivity contribution in [1.29, 1.82) is 0 Å². The predicted octanol–water partition coefficient (Wildman–Crippen LogP) is 0.557. The smallest absolute Gasteiger partial charge is 0.310 e. The maximum Gasteiger partial charge on any atom is 0.310 e. The monoisotopic (exact) mass is 351 g/mol. The number of aliphatic hydroxyl groups excluding tert-OH is 1. The first-order valence-corrected chi connectivity index (χ1v) is 9.24. The normalized spacial score (nSPS) is 52.8. The zero-order chi connectivity index (χ0) is 17.5. The molecule has 0 radical (unpaired) electrons. The fraction of sp³-hybridized carbons (Fsp3) is 0.833. The number of fused-ring (bicyclic) bond motifs is 2. The molecule has 2 saturated heterocycles. The number of carbonyl (C=O) groups excluding carboxylic acids is 2. The molecular weight excluding hydrogens is 328 g/mol. The van der Waals surface area contributed by atoms with E-state index in [0.29, 0.717) is 11.8 Å². The van der Waals surface area contributed by atoms with Gasteiger partial charge in [0.05, 0.1) is 17.8 Å². The summed E-state index contributed by atoms with van der Waals surface area (Å²) in [4.78, 5) is 33.6. The number of carboxylic acid groups (broad SMARTS) is 1. The molecule has 10 unspecified atom stereocenters. The molecule has 2 aliphatic heterocycles. The van der Waals surface area contributed by atoms with Crippen molar-refractivity contribution in [3.63, 3.8) is 0 Å². The summed E-state index contributed by atoms with van der Waals surface area (Å²) in [7, 11) is 0. The van der Waals surface area contributed by atoms with Gasteiger partial charge in [0.15, 0.2) is 0 Å². The van der Waals surface area contributed by atoms with E-state index in [9.17, 15) is 14.4 Å². The SMILES string of the molecule is O=C(O)C1C2CC3OC(=O)C1C3C2.O=C1OC2CC3CC2C1C3CO.[H-]. The Labute approximate surface area is 146 Å². The van der Waals surface area contributed by atoms with Gasteiger partial charge in [0.1, 0.15) is 12.2 Å². The zero-order valence-corrected chi connectivity index (χ0v) is 13.7. The van der Waals surface area contributed by atoms with E-state index in [1.807, 2.05) is 0 Å². The molecule has 0 aromatic carbocycles. The molecule has 0 amide bonds. The van der Waals surface area contributed by atoms with Crippen molar-refractivity contribution in [2.45, 2.75) is 37.9 Å². The molecule has 4 aliphatic carbocycles. The molecule has 0 aromatic rings. The van der Waals surface area contributed by atoms with Gasteiger partial charge in [-0.05, 0) is 43.4 Å². The van der Waals surface area contributed by atoms with Crippen LogP contribution in [0.25, 0.3) is 0 Å². The van der Waals surface area contributed by atoms with Gasteiger partial charge in [0.2, 0.25) is 0 Å². The van der Waals surface area contributed by atoms with Crippen LogP contribution >= 0.6 is 0 Å². The van der Waals surface area contributed by atoms with Crippen LogP contribution in [0.4, 0.5) is 0 Å². The molecule has 7 nitrogen and oxygen atoms in total. The van der Waals surface area contributed by atoms with Crippen molar-refractivity contribution < 1.29 is 35.5 Å². The van der Waals surface area contributed by atoms with Gasteiger partial charge in [-0.1, -0.05) is 0 Å². The van der Waals surface area contributed by atoms with Crippen LogP contribution in [0.15, 0.2) is 0 Å². The van der Waals surface area contributed by atoms with Crippen molar-refractivity contribution in [2.24, 2.45) is 47.3 Å². The van der Waals surface area contributed by atoms with Crippen LogP contribution in [-0.4, -0.2) is 46.9 Å². The molecule has 6 rings (SSSR count). The molecule has 6 aliphatic rings. The Kier molecular flexibility index (Phi) is 3.24. The van der Waals surface area contributed by atoms with Gasteiger partial charge in [0, 0.05) is 18.4 Å². The Bertz CT molecular complexity index is 647. The van der Waals surface area contributed by atoms with Crippen molar-refractivity contribution >= 4 is 17.9 Å². The molecule has 138 valence electrons. The number of esters is 2. The molecular formula is C18H23O7-. The number of rotatable bonds is 2. The molecule has 4 saturated carbocycles. The number of hydrogen-bond acceptors (Lipinski definition) is 6. The van der Waals surface area contributed by atoms with Crippen LogP contribution in [0.2, 0.25) is 0 Å². The van der Waals surface area contributed by atoms with E-state index in [4.69, 9.17) is 19.7 Å². The first-order valence-electron chi connectivity index (χ1n) is 9.24. The second-order valence-electron chi connectivity index (χ2n) is 8.50. The lowest BCUT2D eigenvalue weighted by molar-refractivity contribution is -0.151. The van der Waals surface area contributed by atoms with E-state index in [-0.39, 0.29) is 61.8 Å². The van der Waals surface area contributed by atoms with E-state index in [1.54, 1.807) is 0 Å². The quantitative estimate of drug-likeness (QED) is 0.699. The largest absolute Gasteiger partial charge is 1.00 e. The maximum atomic E-state index is 11.3. The summed E-state index contributed by atoms with van der Waals surface area (Å²) in [5.41, 5.74) is 0. The molecule has 2 N–H and O–H groups in total. The summed E-state index contributed by atoms with van der Waals surface area (Å²) in [5.74, 6) is -0.303. The fourth-order valence-electron chi connectivity index (χ4n) is 6.73. The van der Waals surface area contributed by atoms with Gasteiger partial charge < -0.3 is 21.1 Å². The summed E-state index contributed by atoms with van der Waals surface area (Å²) in [6, 6.07) is 0. The molecule has 0 aromatic heterocycles. The third kappa shape index (κ3) is 1.99. The topological polar surface area (TPSA) is 110 Å². The molecule has 2 heterocycles. The van der Waals surface area contributed by atoms with Gasteiger partial charge in [-0.2, -0.15) is 0 Å². The highest BCUT2D eigenvalue weighted by Crippen LogP contribution is 2.58. The lowest BCUT2D eigenvalue weighted by atomic mass is 9.80. The minimum Gasteiger partial charge on any atom is -1.00 e. The second kappa shape index (κ2) is 5.19. The number of carbonyl (C=O) groups is 3. The summed E-state index contributed by atoms with van der Waals surface area (Å²) < 4.78 is 10.3. The van der Waals surface area contributed by atoms with Crippen LogP contribution in [0, 0.1) is 47.3 Å².